The highest BCUT2D eigenvalue weighted by Gasteiger charge is 2.39. The van der Waals surface area contributed by atoms with Crippen LogP contribution in [0.4, 0.5) is 0 Å². The second kappa shape index (κ2) is 10.8. The second-order valence-electron chi connectivity index (χ2n) is 7.28. The van der Waals surface area contributed by atoms with Gasteiger partial charge in [0.15, 0.2) is 0 Å². The van der Waals surface area contributed by atoms with E-state index in [0.29, 0.717) is 6.42 Å². The van der Waals surface area contributed by atoms with Crippen LogP contribution in [0.3, 0.4) is 0 Å². The molecule has 2 unspecified atom stereocenters. The van der Waals surface area contributed by atoms with Crippen molar-refractivity contribution < 1.29 is 14.6 Å². The predicted molar refractivity (Wildman–Crippen MR) is 115 cm³/mol. The van der Waals surface area contributed by atoms with Crippen LogP contribution in [0.15, 0.2) is 54.6 Å². The molecule has 28 heavy (non-hydrogen) atoms. The molecule has 0 amide bonds. The summed E-state index contributed by atoms with van der Waals surface area (Å²) in [4.78, 5) is 2.41. The molecule has 1 heterocycles. The third-order valence-electron chi connectivity index (χ3n) is 5.54. The maximum absolute atomic E-state index is 12.0. The monoisotopic (exact) mass is 405 g/mol. The molecule has 5 heteroatoms. The van der Waals surface area contributed by atoms with Crippen LogP contribution in [0, 0.1) is 0 Å². The van der Waals surface area contributed by atoms with Gasteiger partial charge in [-0.3, -0.25) is 4.90 Å². The predicted octanol–water partition coefficient (Wildman–Crippen LogP) is 4.22. The summed E-state index contributed by atoms with van der Waals surface area (Å²) < 4.78 is 10.8. The number of hydrogen-bond donors (Lipinski definition) is 1. The fourth-order valence-corrected chi connectivity index (χ4v) is 4.04. The Balaban J connectivity index is 0.00000280. The van der Waals surface area contributed by atoms with E-state index >= 15 is 0 Å². The summed E-state index contributed by atoms with van der Waals surface area (Å²) in [6.07, 6.45) is 1.62. The smallest absolute Gasteiger partial charge is 0.118 e. The maximum atomic E-state index is 12.0. The van der Waals surface area contributed by atoms with E-state index in [1.807, 2.05) is 30.3 Å². The third-order valence-corrected chi connectivity index (χ3v) is 5.54. The normalized spacial score (nSPS) is 18.0. The molecular formula is C23H32ClNO3. The van der Waals surface area contributed by atoms with Gasteiger partial charge in [0.2, 0.25) is 0 Å². The number of methoxy groups -OCH3 is 1. The topological polar surface area (TPSA) is 41.9 Å². The molecule has 2 atom stereocenters. The van der Waals surface area contributed by atoms with Crippen molar-refractivity contribution >= 4 is 12.4 Å². The van der Waals surface area contributed by atoms with E-state index < -0.39 is 5.60 Å². The third kappa shape index (κ3) is 5.26. The molecule has 4 nitrogen and oxygen atoms in total. The molecule has 0 aliphatic carbocycles. The van der Waals surface area contributed by atoms with Gasteiger partial charge in [-0.15, -0.1) is 12.4 Å². The summed E-state index contributed by atoms with van der Waals surface area (Å²) in [6.45, 7) is 6.29. The zero-order valence-corrected chi connectivity index (χ0v) is 17.7. The van der Waals surface area contributed by atoms with Crippen molar-refractivity contribution in [1.29, 1.82) is 0 Å². The summed E-state index contributed by atoms with van der Waals surface area (Å²) in [5, 5.41) is 12.0. The van der Waals surface area contributed by atoms with Crippen LogP contribution in [0.2, 0.25) is 0 Å². The fraction of sp³-hybridized carbons (Fsp3) is 0.478. The lowest BCUT2D eigenvalue weighted by molar-refractivity contribution is -0.0285. The lowest BCUT2D eigenvalue weighted by atomic mass is 9.74. The van der Waals surface area contributed by atoms with Gasteiger partial charge < -0.3 is 14.6 Å². The first-order valence-electron chi connectivity index (χ1n) is 9.89. The van der Waals surface area contributed by atoms with Gasteiger partial charge >= 0.3 is 0 Å². The molecule has 1 saturated heterocycles. The van der Waals surface area contributed by atoms with E-state index in [2.05, 4.69) is 36.1 Å². The average Bonchev–Trinajstić information content (AvgIpc) is 2.73. The van der Waals surface area contributed by atoms with Gasteiger partial charge in [0, 0.05) is 25.6 Å². The molecule has 2 aromatic carbocycles. The molecule has 0 spiro atoms. The van der Waals surface area contributed by atoms with Crippen molar-refractivity contribution in [2.45, 2.75) is 31.3 Å². The Bertz CT molecular complexity index is 689. The SMILES string of the molecule is CCCC(O)(c1ccc(OC)cc1)C(CN1CCOCC1)c1ccccc1.Cl. The quantitative estimate of drug-likeness (QED) is 0.713. The summed E-state index contributed by atoms with van der Waals surface area (Å²) in [6, 6.07) is 18.3. The van der Waals surface area contributed by atoms with E-state index in [-0.39, 0.29) is 18.3 Å². The van der Waals surface area contributed by atoms with Crippen LogP contribution in [0.1, 0.15) is 36.8 Å². The van der Waals surface area contributed by atoms with E-state index in [1.54, 1.807) is 7.11 Å². The van der Waals surface area contributed by atoms with Crippen molar-refractivity contribution in [3.05, 3.63) is 65.7 Å². The van der Waals surface area contributed by atoms with Crippen LogP contribution in [0.25, 0.3) is 0 Å². The van der Waals surface area contributed by atoms with E-state index in [0.717, 1.165) is 50.6 Å². The number of ether oxygens (including phenoxy) is 2. The second-order valence-corrected chi connectivity index (χ2v) is 7.28. The molecule has 154 valence electrons. The summed E-state index contributed by atoms with van der Waals surface area (Å²) >= 11 is 0. The van der Waals surface area contributed by atoms with Gasteiger partial charge in [0.05, 0.1) is 25.9 Å². The number of morpholine rings is 1. The Morgan fingerprint density at radius 1 is 1.07 bits per heavy atom. The van der Waals surface area contributed by atoms with Crippen LogP contribution in [0.5, 0.6) is 5.75 Å². The average molecular weight is 406 g/mol. The molecule has 2 aromatic rings. The molecule has 0 radical (unpaired) electrons. The van der Waals surface area contributed by atoms with Gasteiger partial charge in [-0.25, -0.2) is 0 Å². The van der Waals surface area contributed by atoms with Gasteiger partial charge in [0.1, 0.15) is 5.75 Å². The fourth-order valence-electron chi connectivity index (χ4n) is 4.04. The highest BCUT2D eigenvalue weighted by molar-refractivity contribution is 5.85. The van der Waals surface area contributed by atoms with Crippen LogP contribution < -0.4 is 4.74 Å². The lowest BCUT2D eigenvalue weighted by Gasteiger charge is -2.41. The number of benzene rings is 2. The van der Waals surface area contributed by atoms with E-state index in [4.69, 9.17) is 9.47 Å². The van der Waals surface area contributed by atoms with Gasteiger partial charge in [-0.2, -0.15) is 0 Å². The largest absolute Gasteiger partial charge is 0.497 e. The molecule has 1 aliphatic heterocycles. The Labute approximate surface area is 174 Å². The van der Waals surface area contributed by atoms with Crippen LogP contribution in [-0.2, 0) is 10.3 Å². The Hall–Kier alpha value is -1.59. The molecular weight excluding hydrogens is 374 g/mol. The van der Waals surface area contributed by atoms with Gasteiger partial charge in [-0.05, 0) is 29.7 Å². The minimum absolute atomic E-state index is 0. The Morgan fingerprint density at radius 3 is 2.29 bits per heavy atom. The van der Waals surface area contributed by atoms with Gasteiger partial charge in [-0.1, -0.05) is 55.8 Å². The number of hydrogen-bond acceptors (Lipinski definition) is 4. The molecule has 0 saturated carbocycles. The number of rotatable bonds is 8. The van der Waals surface area contributed by atoms with Crippen molar-refractivity contribution in [2.75, 3.05) is 40.0 Å². The highest BCUT2D eigenvalue weighted by Crippen LogP contribution is 2.41. The first-order valence-corrected chi connectivity index (χ1v) is 9.89. The number of halogens is 1. The van der Waals surface area contributed by atoms with Crippen molar-refractivity contribution in [1.82, 2.24) is 4.90 Å². The standard InChI is InChI=1S/C23H31NO3.ClH/c1-3-13-23(25,20-9-11-21(26-2)12-10-20)22(19-7-5-4-6-8-19)18-24-14-16-27-17-15-24;/h4-12,22,25H,3,13-18H2,1-2H3;1H. The zero-order chi connectivity index (χ0) is 19.1. The summed E-state index contributed by atoms with van der Waals surface area (Å²) in [5.74, 6) is 0.798. The molecule has 0 bridgehead atoms. The number of aliphatic hydroxyl groups is 1. The van der Waals surface area contributed by atoms with Crippen molar-refractivity contribution in [3.63, 3.8) is 0 Å². The van der Waals surface area contributed by atoms with E-state index in [9.17, 15) is 5.11 Å². The summed E-state index contributed by atoms with van der Waals surface area (Å²) in [5.41, 5.74) is 1.20. The Kier molecular flexibility index (Phi) is 8.77. The van der Waals surface area contributed by atoms with Crippen molar-refractivity contribution in [3.8, 4) is 5.75 Å². The Morgan fingerprint density at radius 2 is 1.71 bits per heavy atom. The highest BCUT2D eigenvalue weighted by atomic mass is 35.5. The van der Waals surface area contributed by atoms with Crippen LogP contribution in [-0.4, -0.2) is 50.0 Å². The maximum Gasteiger partial charge on any atom is 0.118 e. The first kappa shape index (κ1) is 22.7. The van der Waals surface area contributed by atoms with Gasteiger partial charge in [0.25, 0.3) is 0 Å². The zero-order valence-electron chi connectivity index (χ0n) is 16.8. The van der Waals surface area contributed by atoms with E-state index in [1.165, 1.54) is 5.56 Å². The first-order chi connectivity index (χ1) is 13.2. The van der Waals surface area contributed by atoms with Crippen LogP contribution >= 0.6 is 12.4 Å². The number of nitrogens with zero attached hydrogens (tertiary/aromatic N) is 1. The lowest BCUT2D eigenvalue weighted by Crippen LogP contribution is -2.45. The molecule has 1 fully saturated rings. The van der Waals surface area contributed by atoms with Crippen molar-refractivity contribution in [2.24, 2.45) is 0 Å². The molecule has 3 rings (SSSR count). The minimum atomic E-state index is -0.930. The molecule has 0 aromatic heterocycles. The summed E-state index contributed by atoms with van der Waals surface area (Å²) in [7, 11) is 1.67. The molecule has 1 aliphatic rings. The molecule has 1 N–H and O–H groups in total. The minimum Gasteiger partial charge on any atom is -0.497 e.